The fourth-order valence-corrected chi connectivity index (χ4v) is 2.79. The van der Waals surface area contributed by atoms with Crippen LogP contribution in [-0.4, -0.2) is 11.4 Å². The number of rotatable bonds is 2. The van der Waals surface area contributed by atoms with Gasteiger partial charge in [-0.3, -0.25) is 4.79 Å². The molecule has 0 amide bonds. The predicted octanol–water partition coefficient (Wildman–Crippen LogP) is 2.79. The molecule has 0 saturated heterocycles. The van der Waals surface area contributed by atoms with Gasteiger partial charge in [-0.1, -0.05) is 42.8 Å². The van der Waals surface area contributed by atoms with Gasteiger partial charge in [-0.15, -0.1) is 0 Å². The van der Waals surface area contributed by atoms with Crippen LogP contribution in [0.3, 0.4) is 0 Å². The van der Waals surface area contributed by atoms with Gasteiger partial charge in [-0.2, -0.15) is 0 Å². The summed E-state index contributed by atoms with van der Waals surface area (Å²) in [5.41, 5.74) is 15.8. The Hall–Kier alpha value is -1.71. The van der Waals surface area contributed by atoms with Gasteiger partial charge >= 0.3 is 0 Å². The summed E-state index contributed by atoms with van der Waals surface area (Å²) in [5.74, 6) is -0.0174. The first-order valence-electron chi connectivity index (χ1n) is 6.85. The van der Waals surface area contributed by atoms with Crippen LogP contribution in [0.25, 0.3) is 0 Å². The van der Waals surface area contributed by atoms with Crippen LogP contribution in [0.1, 0.15) is 38.1 Å². The minimum Gasteiger partial charge on any atom is -0.309 e. The molecular weight excluding hydrogens is 248 g/mol. The summed E-state index contributed by atoms with van der Waals surface area (Å²) < 4.78 is 0. The quantitative estimate of drug-likeness (QED) is 0.641. The number of ketones is 1. The molecule has 106 valence electrons. The number of allylic oxidation sites excluding steroid dienone is 2. The smallest absolute Gasteiger partial charge is 0.193 e. The van der Waals surface area contributed by atoms with Crippen LogP contribution in [-0.2, 0) is 0 Å². The number of carbonyl (C=O) groups is 1. The van der Waals surface area contributed by atoms with E-state index in [0.29, 0.717) is 5.56 Å². The summed E-state index contributed by atoms with van der Waals surface area (Å²) >= 11 is 0. The molecule has 0 aromatic heterocycles. The van der Waals surface area contributed by atoms with Crippen molar-refractivity contribution in [3.05, 3.63) is 58.2 Å². The van der Waals surface area contributed by atoms with Crippen molar-refractivity contribution in [2.75, 3.05) is 0 Å². The fourth-order valence-electron chi connectivity index (χ4n) is 2.79. The maximum Gasteiger partial charge on any atom is 0.193 e. The van der Waals surface area contributed by atoms with Crippen molar-refractivity contribution in [1.82, 2.24) is 0 Å². The van der Waals surface area contributed by atoms with Gasteiger partial charge in [0.05, 0.1) is 5.66 Å². The molecule has 0 saturated carbocycles. The molecule has 2 rings (SSSR count). The fraction of sp³-hybridized carbons (Fsp3) is 0.353. The Morgan fingerprint density at radius 2 is 1.65 bits per heavy atom. The standard InChI is InChI=1S/C17H22N2O/c1-10-12(3)17(18,19)13(4)11(2)15(10)16(20)14-8-6-5-7-9-14/h5-9,12H,18-19H2,1-4H3. The van der Waals surface area contributed by atoms with Crippen LogP contribution in [0.4, 0.5) is 0 Å². The zero-order valence-corrected chi connectivity index (χ0v) is 12.5. The molecular formula is C17H22N2O. The minimum absolute atomic E-state index is 0.0438. The van der Waals surface area contributed by atoms with E-state index in [1.807, 2.05) is 58.0 Å². The van der Waals surface area contributed by atoms with Crippen molar-refractivity contribution in [2.45, 2.75) is 33.4 Å². The molecule has 20 heavy (non-hydrogen) atoms. The monoisotopic (exact) mass is 270 g/mol. The van der Waals surface area contributed by atoms with E-state index in [4.69, 9.17) is 11.5 Å². The highest BCUT2D eigenvalue weighted by atomic mass is 16.1. The molecule has 4 N–H and O–H groups in total. The largest absolute Gasteiger partial charge is 0.309 e. The highest BCUT2D eigenvalue weighted by Crippen LogP contribution is 2.38. The number of hydrogen-bond acceptors (Lipinski definition) is 3. The van der Waals surface area contributed by atoms with Crippen LogP contribution in [0, 0.1) is 5.92 Å². The lowest BCUT2D eigenvalue weighted by Gasteiger charge is -2.39. The van der Waals surface area contributed by atoms with Crippen molar-refractivity contribution in [2.24, 2.45) is 17.4 Å². The van der Waals surface area contributed by atoms with Gasteiger partial charge in [0.25, 0.3) is 0 Å². The summed E-state index contributed by atoms with van der Waals surface area (Å²) in [6, 6.07) is 9.32. The SMILES string of the molecule is CC1=C(C)C(N)(N)C(C)C(C)=C1C(=O)c1ccccc1. The molecule has 1 unspecified atom stereocenters. The van der Waals surface area contributed by atoms with Crippen molar-refractivity contribution in [3.8, 4) is 0 Å². The highest BCUT2D eigenvalue weighted by Gasteiger charge is 2.38. The number of hydrogen-bond donors (Lipinski definition) is 2. The van der Waals surface area contributed by atoms with Crippen LogP contribution < -0.4 is 11.5 Å². The summed E-state index contributed by atoms with van der Waals surface area (Å²) in [6.45, 7) is 7.76. The Balaban J connectivity index is 2.57. The third-order valence-corrected chi connectivity index (χ3v) is 4.61. The Kier molecular flexibility index (Phi) is 3.67. The van der Waals surface area contributed by atoms with E-state index >= 15 is 0 Å². The van der Waals surface area contributed by atoms with Crippen molar-refractivity contribution in [3.63, 3.8) is 0 Å². The van der Waals surface area contributed by atoms with Crippen molar-refractivity contribution < 1.29 is 4.79 Å². The van der Waals surface area contributed by atoms with Gasteiger partial charge in [0.1, 0.15) is 0 Å². The Bertz CT molecular complexity index is 609. The zero-order valence-electron chi connectivity index (χ0n) is 12.5. The first-order valence-corrected chi connectivity index (χ1v) is 6.85. The van der Waals surface area contributed by atoms with Gasteiger partial charge in [0.15, 0.2) is 5.78 Å². The molecule has 0 aliphatic heterocycles. The van der Waals surface area contributed by atoms with Crippen LogP contribution in [0.15, 0.2) is 52.6 Å². The summed E-state index contributed by atoms with van der Waals surface area (Å²) in [7, 11) is 0. The maximum absolute atomic E-state index is 12.7. The zero-order chi connectivity index (χ0) is 15.1. The molecule has 0 heterocycles. The highest BCUT2D eigenvalue weighted by molar-refractivity contribution is 6.12. The molecule has 3 nitrogen and oxygen atoms in total. The van der Waals surface area contributed by atoms with Crippen molar-refractivity contribution >= 4 is 5.78 Å². The lowest BCUT2D eigenvalue weighted by Crippen LogP contribution is -2.58. The molecule has 1 atom stereocenters. The van der Waals surface area contributed by atoms with Gasteiger partial charge in [0, 0.05) is 17.1 Å². The maximum atomic E-state index is 12.7. The summed E-state index contributed by atoms with van der Waals surface area (Å²) in [5, 5.41) is 0. The van der Waals surface area contributed by atoms with E-state index in [1.54, 1.807) is 0 Å². The lowest BCUT2D eigenvalue weighted by molar-refractivity contribution is 0.103. The second-order valence-electron chi connectivity index (χ2n) is 5.66. The number of nitrogens with two attached hydrogens (primary N) is 2. The molecule has 1 aliphatic carbocycles. The van der Waals surface area contributed by atoms with Crippen LogP contribution in [0.5, 0.6) is 0 Å². The first kappa shape index (κ1) is 14.7. The van der Waals surface area contributed by atoms with Crippen molar-refractivity contribution in [1.29, 1.82) is 0 Å². The topological polar surface area (TPSA) is 69.1 Å². The summed E-state index contributed by atoms with van der Waals surface area (Å²) in [4.78, 5) is 12.7. The lowest BCUT2D eigenvalue weighted by atomic mass is 9.72. The van der Waals surface area contributed by atoms with Crippen LogP contribution >= 0.6 is 0 Å². The molecule has 0 radical (unpaired) electrons. The average molecular weight is 270 g/mol. The number of benzene rings is 1. The number of carbonyl (C=O) groups excluding carboxylic acids is 1. The van der Waals surface area contributed by atoms with Crippen LogP contribution in [0.2, 0.25) is 0 Å². The van der Waals surface area contributed by atoms with Gasteiger partial charge < -0.3 is 11.5 Å². The van der Waals surface area contributed by atoms with E-state index in [1.165, 1.54) is 0 Å². The molecule has 0 spiro atoms. The van der Waals surface area contributed by atoms with Gasteiger partial charge in [0.2, 0.25) is 0 Å². The first-order chi connectivity index (χ1) is 9.28. The molecule has 1 aromatic rings. The molecule has 1 aliphatic rings. The Labute approximate surface area is 120 Å². The summed E-state index contributed by atoms with van der Waals surface area (Å²) in [6.07, 6.45) is 0. The second kappa shape index (κ2) is 5.00. The van der Waals surface area contributed by atoms with Gasteiger partial charge in [-0.05, 0) is 31.9 Å². The third kappa shape index (κ3) is 2.13. The normalized spacial score (nSPS) is 22.2. The second-order valence-corrected chi connectivity index (χ2v) is 5.66. The molecule has 3 heteroatoms. The van der Waals surface area contributed by atoms with E-state index in [0.717, 1.165) is 22.3 Å². The van der Waals surface area contributed by atoms with E-state index in [2.05, 4.69) is 0 Å². The molecule has 0 bridgehead atoms. The molecule has 0 fully saturated rings. The number of Topliss-reactive ketones (excluding diaryl/α,β-unsaturated/α-hetero) is 1. The van der Waals surface area contributed by atoms with Gasteiger partial charge in [-0.25, -0.2) is 0 Å². The third-order valence-electron chi connectivity index (χ3n) is 4.61. The minimum atomic E-state index is -0.880. The van der Waals surface area contributed by atoms with E-state index in [9.17, 15) is 4.79 Å². The Morgan fingerprint density at radius 3 is 2.20 bits per heavy atom. The average Bonchev–Trinajstić information content (AvgIpc) is 2.44. The predicted molar refractivity (Wildman–Crippen MR) is 82.1 cm³/mol. The van der Waals surface area contributed by atoms with E-state index < -0.39 is 5.66 Å². The molecule has 1 aromatic carbocycles. The Morgan fingerprint density at radius 1 is 1.10 bits per heavy atom. The van der Waals surface area contributed by atoms with E-state index in [-0.39, 0.29) is 11.7 Å².